The van der Waals surface area contributed by atoms with Gasteiger partial charge in [-0.2, -0.15) is 4.37 Å². The summed E-state index contributed by atoms with van der Waals surface area (Å²) in [5.41, 5.74) is -0.188. The molecule has 0 aliphatic carbocycles. The molecular weight excluding hydrogens is 256 g/mol. The Hall–Kier alpha value is -1.89. The van der Waals surface area contributed by atoms with Crippen LogP contribution in [-0.4, -0.2) is 29.5 Å². The highest BCUT2D eigenvalue weighted by Gasteiger charge is 2.20. The molecule has 1 aromatic heterocycles. The molecule has 0 unspecified atom stereocenters. The molecule has 0 saturated carbocycles. The smallest absolute Gasteiger partial charge is 0.347 e. The topological polar surface area (TPSA) is 77.5 Å². The van der Waals surface area contributed by atoms with Crippen LogP contribution in [0, 0.1) is 0 Å². The molecule has 0 radical (unpaired) electrons. The molecule has 0 saturated heterocycles. The second-order valence-electron chi connectivity index (χ2n) is 3.03. The van der Waals surface area contributed by atoms with E-state index >= 15 is 0 Å². The summed E-state index contributed by atoms with van der Waals surface area (Å²) >= 11 is 1.25. The fourth-order valence-corrected chi connectivity index (χ4v) is 1.53. The number of rotatable bonds is 6. The van der Waals surface area contributed by atoms with Crippen LogP contribution in [0.15, 0.2) is 23.2 Å². The minimum atomic E-state index is -0.723. The van der Waals surface area contributed by atoms with Gasteiger partial charge in [0.05, 0.1) is 13.2 Å². The van der Waals surface area contributed by atoms with Crippen molar-refractivity contribution in [3.63, 3.8) is 0 Å². The Labute approximate surface area is 109 Å². The van der Waals surface area contributed by atoms with E-state index in [4.69, 9.17) is 9.47 Å². The lowest BCUT2D eigenvalue weighted by molar-refractivity contribution is -0.146. The van der Waals surface area contributed by atoms with Gasteiger partial charge >= 0.3 is 11.9 Å². The zero-order valence-corrected chi connectivity index (χ0v) is 11.0. The van der Waals surface area contributed by atoms with E-state index < -0.39 is 11.9 Å². The largest absolute Gasteiger partial charge is 0.462 e. The summed E-state index contributed by atoms with van der Waals surface area (Å²) in [5.74, 6) is -0.900. The van der Waals surface area contributed by atoms with Gasteiger partial charge in [-0.3, -0.25) is 0 Å². The van der Waals surface area contributed by atoms with Crippen molar-refractivity contribution in [1.29, 1.82) is 0 Å². The van der Waals surface area contributed by atoms with Crippen molar-refractivity contribution in [1.82, 2.24) is 4.37 Å². The van der Waals surface area contributed by atoms with E-state index in [9.17, 15) is 9.59 Å². The summed E-state index contributed by atoms with van der Waals surface area (Å²) in [6.07, 6.45) is 1.24. The number of aromatic nitrogens is 1. The highest BCUT2D eigenvalue weighted by Crippen LogP contribution is 2.08. The molecular formula is C11H14N2O4S. The van der Waals surface area contributed by atoms with Gasteiger partial charge in [-0.25, -0.2) is 9.59 Å². The number of anilines is 1. The number of carbonyl (C=O) groups is 2. The molecule has 1 aromatic rings. The van der Waals surface area contributed by atoms with E-state index in [0.717, 1.165) is 0 Å². The highest BCUT2D eigenvalue weighted by atomic mass is 32.1. The molecule has 0 amide bonds. The molecule has 0 fully saturated rings. The van der Waals surface area contributed by atoms with Gasteiger partial charge in [-0.05, 0) is 31.4 Å². The number of carbonyl (C=O) groups excluding carboxylic acids is 2. The number of esters is 2. The number of hydrogen-bond donors (Lipinski definition) is 1. The van der Waals surface area contributed by atoms with Crippen molar-refractivity contribution in [2.75, 3.05) is 18.5 Å². The van der Waals surface area contributed by atoms with Crippen molar-refractivity contribution in [2.45, 2.75) is 13.8 Å². The van der Waals surface area contributed by atoms with Crippen LogP contribution in [0.1, 0.15) is 13.8 Å². The van der Waals surface area contributed by atoms with E-state index in [1.54, 1.807) is 25.3 Å². The highest BCUT2D eigenvalue weighted by molar-refractivity contribution is 7.03. The van der Waals surface area contributed by atoms with E-state index in [-0.39, 0.29) is 18.8 Å². The van der Waals surface area contributed by atoms with Crippen molar-refractivity contribution in [2.24, 2.45) is 0 Å². The Morgan fingerprint density at radius 2 is 1.94 bits per heavy atom. The average molecular weight is 270 g/mol. The molecule has 18 heavy (non-hydrogen) atoms. The first-order valence-electron chi connectivity index (χ1n) is 5.40. The molecule has 1 rings (SSSR count). The van der Waals surface area contributed by atoms with Crippen LogP contribution in [0.4, 0.5) is 5.82 Å². The maximum atomic E-state index is 11.6. The van der Waals surface area contributed by atoms with Crippen molar-refractivity contribution in [3.05, 3.63) is 23.2 Å². The first kappa shape index (κ1) is 14.2. The molecule has 0 spiro atoms. The fraction of sp³-hybridized carbons (Fsp3) is 0.364. The van der Waals surface area contributed by atoms with E-state index in [1.165, 1.54) is 17.7 Å². The van der Waals surface area contributed by atoms with E-state index in [2.05, 4.69) is 9.69 Å². The summed E-state index contributed by atoms with van der Waals surface area (Å²) in [4.78, 5) is 23.1. The zero-order chi connectivity index (χ0) is 13.4. The summed E-state index contributed by atoms with van der Waals surface area (Å²) in [5, 5.41) is 4.51. The van der Waals surface area contributed by atoms with Gasteiger partial charge in [0.15, 0.2) is 5.57 Å². The lowest BCUT2D eigenvalue weighted by Gasteiger charge is -2.06. The van der Waals surface area contributed by atoms with Gasteiger partial charge in [0.2, 0.25) is 0 Å². The Morgan fingerprint density at radius 1 is 1.33 bits per heavy atom. The molecule has 0 aromatic carbocycles. The second-order valence-corrected chi connectivity index (χ2v) is 3.69. The molecule has 7 heteroatoms. The summed E-state index contributed by atoms with van der Waals surface area (Å²) in [6, 6.07) is 1.72. The zero-order valence-electron chi connectivity index (χ0n) is 10.1. The molecule has 0 atom stereocenters. The molecule has 98 valence electrons. The molecule has 1 heterocycles. The quantitative estimate of drug-likeness (QED) is 0.366. The minimum Gasteiger partial charge on any atom is -0.462 e. The summed E-state index contributed by atoms with van der Waals surface area (Å²) in [7, 11) is 0. The van der Waals surface area contributed by atoms with Gasteiger partial charge in [0.1, 0.15) is 5.82 Å². The van der Waals surface area contributed by atoms with Crippen molar-refractivity contribution < 1.29 is 19.1 Å². The van der Waals surface area contributed by atoms with Crippen LogP contribution in [0.3, 0.4) is 0 Å². The van der Waals surface area contributed by atoms with E-state index in [0.29, 0.717) is 5.82 Å². The Kier molecular flexibility index (Phi) is 5.86. The van der Waals surface area contributed by atoms with Gasteiger partial charge < -0.3 is 14.8 Å². The van der Waals surface area contributed by atoms with Crippen LogP contribution in [0.2, 0.25) is 0 Å². The third-order valence-corrected chi connectivity index (χ3v) is 2.35. The second kappa shape index (κ2) is 7.44. The van der Waals surface area contributed by atoms with Gasteiger partial charge in [0, 0.05) is 11.6 Å². The van der Waals surface area contributed by atoms with Crippen LogP contribution < -0.4 is 5.32 Å². The maximum absolute atomic E-state index is 11.6. The van der Waals surface area contributed by atoms with Gasteiger partial charge in [-0.15, -0.1) is 0 Å². The lowest BCUT2D eigenvalue weighted by atomic mass is 10.3. The predicted octanol–water partition coefficient (Wildman–Crippen LogP) is 1.57. The van der Waals surface area contributed by atoms with Crippen molar-refractivity contribution in [3.8, 4) is 0 Å². The number of nitrogens with one attached hydrogen (secondary N) is 1. The van der Waals surface area contributed by atoms with Gasteiger partial charge in [0.25, 0.3) is 0 Å². The van der Waals surface area contributed by atoms with E-state index in [1.807, 2.05) is 0 Å². The third-order valence-electron chi connectivity index (χ3n) is 1.79. The van der Waals surface area contributed by atoms with Crippen molar-refractivity contribution >= 4 is 29.3 Å². The maximum Gasteiger partial charge on any atom is 0.347 e. The molecule has 0 aliphatic rings. The molecule has 1 N–H and O–H groups in total. The first-order chi connectivity index (χ1) is 8.69. The first-order valence-corrected chi connectivity index (χ1v) is 6.24. The standard InChI is InChI=1S/C11H14N2O4S/c1-3-16-10(14)8(11(15)17-4-2)7-12-9-5-6-18-13-9/h5-7H,3-4H2,1-2H3,(H,12,13). The Morgan fingerprint density at radius 3 is 2.39 bits per heavy atom. The monoisotopic (exact) mass is 270 g/mol. The normalized spacial score (nSPS) is 9.44. The average Bonchev–Trinajstić information content (AvgIpc) is 2.83. The molecule has 0 aliphatic heterocycles. The number of hydrogen-bond acceptors (Lipinski definition) is 7. The number of nitrogens with zero attached hydrogens (tertiary/aromatic N) is 1. The predicted molar refractivity (Wildman–Crippen MR) is 67.1 cm³/mol. The fourth-order valence-electron chi connectivity index (χ4n) is 1.05. The molecule has 6 nitrogen and oxygen atoms in total. The SMILES string of the molecule is CCOC(=O)C(=CNc1ccsn1)C(=O)OCC. The van der Waals surface area contributed by atoms with Crippen LogP contribution in [0.5, 0.6) is 0 Å². The van der Waals surface area contributed by atoms with Crippen LogP contribution >= 0.6 is 11.5 Å². The third kappa shape index (κ3) is 4.17. The summed E-state index contributed by atoms with van der Waals surface area (Å²) < 4.78 is 13.5. The summed E-state index contributed by atoms with van der Waals surface area (Å²) in [6.45, 7) is 3.70. The molecule has 0 bridgehead atoms. The van der Waals surface area contributed by atoms with Gasteiger partial charge in [-0.1, -0.05) is 0 Å². The minimum absolute atomic E-state index is 0.187. The Balaban J connectivity index is 2.78. The Bertz CT molecular complexity index is 408. The van der Waals surface area contributed by atoms with Crippen LogP contribution in [-0.2, 0) is 19.1 Å². The van der Waals surface area contributed by atoms with Crippen LogP contribution in [0.25, 0.3) is 0 Å². The lowest BCUT2D eigenvalue weighted by Crippen LogP contribution is -2.19. The number of ether oxygens (including phenoxy) is 2.